The Hall–Kier alpha value is -0.160. The Kier molecular flexibility index (Phi) is 12.8. The number of nitrogens with zero attached hydrogens (tertiary/aromatic N) is 1. The number of piperazine rings is 1. The quantitative estimate of drug-likeness (QED) is 0.635. The van der Waals surface area contributed by atoms with E-state index in [1.54, 1.807) is 0 Å². The van der Waals surface area contributed by atoms with E-state index in [4.69, 9.17) is 9.84 Å². The maximum absolute atomic E-state index is 8.49. The first-order chi connectivity index (χ1) is 7.93. The molecule has 4 nitrogen and oxygen atoms in total. The normalized spacial score (nSPS) is 16.7. The second kappa shape index (κ2) is 12.9. The molecule has 1 fully saturated rings. The van der Waals surface area contributed by atoms with Gasteiger partial charge in [0.15, 0.2) is 0 Å². The SMILES string of the molecule is CC.OCCOCCCCN1CCNCC1. The van der Waals surface area contributed by atoms with Crippen LogP contribution in [-0.4, -0.2) is 62.6 Å². The summed E-state index contributed by atoms with van der Waals surface area (Å²) < 4.78 is 5.19. The van der Waals surface area contributed by atoms with Crippen LogP contribution in [0.2, 0.25) is 0 Å². The van der Waals surface area contributed by atoms with Crippen LogP contribution in [0.3, 0.4) is 0 Å². The Morgan fingerprint density at radius 2 is 1.81 bits per heavy atom. The zero-order valence-corrected chi connectivity index (χ0v) is 10.9. The molecule has 0 unspecified atom stereocenters. The molecule has 0 aromatic heterocycles. The van der Waals surface area contributed by atoms with E-state index < -0.39 is 0 Å². The number of unbranched alkanes of at least 4 members (excludes halogenated alkanes) is 1. The Bertz CT molecular complexity index is 128. The third-order valence-electron chi connectivity index (χ3n) is 2.46. The summed E-state index contributed by atoms with van der Waals surface area (Å²) >= 11 is 0. The maximum atomic E-state index is 8.49. The van der Waals surface area contributed by atoms with E-state index in [0.29, 0.717) is 6.61 Å². The van der Waals surface area contributed by atoms with Gasteiger partial charge in [-0.3, -0.25) is 0 Å². The third kappa shape index (κ3) is 9.09. The predicted molar refractivity (Wildman–Crippen MR) is 67.8 cm³/mol. The van der Waals surface area contributed by atoms with Crippen LogP contribution in [0.25, 0.3) is 0 Å². The average Bonchev–Trinajstić information content (AvgIpc) is 2.37. The van der Waals surface area contributed by atoms with Gasteiger partial charge in [0.25, 0.3) is 0 Å². The Balaban J connectivity index is 0.00000106. The molecule has 98 valence electrons. The van der Waals surface area contributed by atoms with Crippen molar-refractivity contribution in [2.45, 2.75) is 26.7 Å². The molecule has 0 amide bonds. The van der Waals surface area contributed by atoms with E-state index >= 15 is 0 Å². The average molecular weight is 232 g/mol. The highest BCUT2D eigenvalue weighted by Crippen LogP contribution is 1.97. The number of aliphatic hydroxyl groups is 1. The van der Waals surface area contributed by atoms with E-state index in [1.807, 2.05) is 13.8 Å². The van der Waals surface area contributed by atoms with Gasteiger partial charge in [-0.15, -0.1) is 0 Å². The first-order valence-electron chi connectivity index (χ1n) is 6.55. The molecule has 1 rings (SSSR count). The van der Waals surface area contributed by atoms with E-state index in [0.717, 1.165) is 26.1 Å². The minimum Gasteiger partial charge on any atom is -0.394 e. The van der Waals surface area contributed by atoms with Crippen molar-refractivity contribution in [2.24, 2.45) is 0 Å². The van der Waals surface area contributed by atoms with Crippen molar-refractivity contribution in [3.8, 4) is 0 Å². The van der Waals surface area contributed by atoms with E-state index in [-0.39, 0.29) is 6.61 Å². The van der Waals surface area contributed by atoms with Gasteiger partial charge >= 0.3 is 0 Å². The van der Waals surface area contributed by atoms with Crippen LogP contribution in [0, 0.1) is 0 Å². The number of hydrogen-bond donors (Lipinski definition) is 2. The summed E-state index contributed by atoms with van der Waals surface area (Å²) in [7, 11) is 0. The second-order valence-electron chi connectivity index (χ2n) is 3.63. The molecular weight excluding hydrogens is 204 g/mol. The van der Waals surface area contributed by atoms with Crippen LogP contribution in [-0.2, 0) is 4.74 Å². The maximum Gasteiger partial charge on any atom is 0.0697 e. The molecular formula is C12H28N2O2. The summed E-state index contributed by atoms with van der Waals surface area (Å²) in [6, 6.07) is 0. The summed E-state index contributed by atoms with van der Waals surface area (Å²) in [6.45, 7) is 11.2. The first-order valence-corrected chi connectivity index (χ1v) is 6.55. The van der Waals surface area contributed by atoms with E-state index in [1.165, 1.54) is 26.1 Å². The summed E-state index contributed by atoms with van der Waals surface area (Å²) in [6.07, 6.45) is 2.30. The highest BCUT2D eigenvalue weighted by molar-refractivity contribution is 4.66. The van der Waals surface area contributed by atoms with Gasteiger partial charge in [0.05, 0.1) is 13.2 Å². The van der Waals surface area contributed by atoms with Crippen LogP contribution in [0.4, 0.5) is 0 Å². The van der Waals surface area contributed by atoms with Crippen molar-refractivity contribution in [1.82, 2.24) is 10.2 Å². The fourth-order valence-electron chi connectivity index (χ4n) is 1.64. The van der Waals surface area contributed by atoms with Crippen molar-refractivity contribution < 1.29 is 9.84 Å². The van der Waals surface area contributed by atoms with Gasteiger partial charge in [0, 0.05) is 32.8 Å². The van der Waals surface area contributed by atoms with Crippen LogP contribution in [0.15, 0.2) is 0 Å². The van der Waals surface area contributed by atoms with E-state index in [2.05, 4.69) is 10.2 Å². The topological polar surface area (TPSA) is 44.7 Å². The molecule has 16 heavy (non-hydrogen) atoms. The summed E-state index contributed by atoms with van der Waals surface area (Å²) in [5.74, 6) is 0. The minimum absolute atomic E-state index is 0.137. The highest BCUT2D eigenvalue weighted by atomic mass is 16.5. The lowest BCUT2D eigenvalue weighted by molar-refractivity contribution is 0.0877. The largest absolute Gasteiger partial charge is 0.394 e. The number of hydrogen-bond acceptors (Lipinski definition) is 4. The van der Waals surface area contributed by atoms with Gasteiger partial charge in [-0.2, -0.15) is 0 Å². The monoisotopic (exact) mass is 232 g/mol. The van der Waals surface area contributed by atoms with Crippen LogP contribution >= 0.6 is 0 Å². The zero-order chi connectivity index (χ0) is 12.1. The molecule has 0 aliphatic carbocycles. The molecule has 4 heteroatoms. The van der Waals surface area contributed by atoms with Gasteiger partial charge in [0.2, 0.25) is 0 Å². The van der Waals surface area contributed by atoms with E-state index in [9.17, 15) is 0 Å². The Morgan fingerprint density at radius 1 is 1.12 bits per heavy atom. The summed E-state index contributed by atoms with van der Waals surface area (Å²) in [5, 5.41) is 11.8. The van der Waals surface area contributed by atoms with Crippen LogP contribution in [0.1, 0.15) is 26.7 Å². The van der Waals surface area contributed by atoms with Crippen molar-refractivity contribution in [2.75, 3.05) is 52.5 Å². The molecule has 0 atom stereocenters. The number of aliphatic hydroxyl groups excluding tert-OH is 1. The van der Waals surface area contributed by atoms with Crippen LogP contribution < -0.4 is 5.32 Å². The molecule has 1 saturated heterocycles. The van der Waals surface area contributed by atoms with Crippen molar-refractivity contribution in [3.05, 3.63) is 0 Å². The lowest BCUT2D eigenvalue weighted by atomic mass is 10.3. The molecule has 2 N–H and O–H groups in total. The van der Waals surface area contributed by atoms with Gasteiger partial charge in [0.1, 0.15) is 0 Å². The molecule has 0 aromatic carbocycles. The molecule has 0 radical (unpaired) electrons. The Morgan fingerprint density at radius 3 is 2.44 bits per heavy atom. The zero-order valence-electron chi connectivity index (χ0n) is 10.9. The predicted octanol–water partition coefficient (Wildman–Crippen LogP) is 0.707. The lowest BCUT2D eigenvalue weighted by Gasteiger charge is -2.26. The number of ether oxygens (including phenoxy) is 1. The van der Waals surface area contributed by atoms with Crippen molar-refractivity contribution >= 4 is 0 Å². The fourth-order valence-corrected chi connectivity index (χ4v) is 1.64. The van der Waals surface area contributed by atoms with Gasteiger partial charge in [-0.05, 0) is 19.4 Å². The number of nitrogens with one attached hydrogen (secondary N) is 1. The second-order valence-corrected chi connectivity index (χ2v) is 3.63. The smallest absolute Gasteiger partial charge is 0.0697 e. The lowest BCUT2D eigenvalue weighted by Crippen LogP contribution is -2.43. The van der Waals surface area contributed by atoms with Crippen molar-refractivity contribution in [3.63, 3.8) is 0 Å². The number of rotatable bonds is 7. The molecule has 0 bridgehead atoms. The first kappa shape index (κ1) is 15.8. The van der Waals surface area contributed by atoms with Gasteiger partial charge in [-0.1, -0.05) is 13.8 Å². The van der Waals surface area contributed by atoms with Gasteiger partial charge in [-0.25, -0.2) is 0 Å². The molecule has 1 aliphatic rings. The van der Waals surface area contributed by atoms with Crippen molar-refractivity contribution in [1.29, 1.82) is 0 Å². The highest BCUT2D eigenvalue weighted by Gasteiger charge is 2.07. The standard InChI is InChI=1S/C10H22N2O2.C2H6/c13-8-10-14-9-2-1-5-12-6-3-11-4-7-12;1-2/h11,13H,1-10H2;1-2H3. The molecule has 1 aliphatic heterocycles. The van der Waals surface area contributed by atoms with Crippen LogP contribution in [0.5, 0.6) is 0 Å². The Labute approximate surface area is 100.0 Å². The summed E-state index contributed by atoms with van der Waals surface area (Å²) in [5.41, 5.74) is 0. The third-order valence-corrected chi connectivity index (χ3v) is 2.46. The minimum atomic E-state index is 0.137. The molecule has 0 saturated carbocycles. The van der Waals surface area contributed by atoms with Gasteiger partial charge < -0.3 is 20.1 Å². The molecule has 0 spiro atoms. The molecule has 1 heterocycles. The summed E-state index contributed by atoms with van der Waals surface area (Å²) in [4.78, 5) is 2.49. The molecule has 0 aromatic rings. The fraction of sp³-hybridized carbons (Fsp3) is 1.00.